The van der Waals surface area contributed by atoms with Crippen LogP contribution in [0.5, 0.6) is 0 Å². The average molecular weight is 317 g/mol. The smallest absolute Gasteiger partial charge is 0.275 e. The van der Waals surface area contributed by atoms with E-state index in [1.807, 2.05) is 0 Å². The van der Waals surface area contributed by atoms with Crippen LogP contribution in [0.2, 0.25) is 10.0 Å². The normalized spacial score (nSPS) is 10.6. The number of aromatic nitrogens is 2. The van der Waals surface area contributed by atoms with E-state index in [1.165, 1.54) is 6.33 Å². The van der Waals surface area contributed by atoms with Gasteiger partial charge in [-0.2, -0.15) is 0 Å². The Morgan fingerprint density at radius 3 is 2.65 bits per heavy atom. The Bertz CT molecular complexity index is 621. The molecule has 0 aliphatic carbocycles. The molecule has 1 amide bonds. The minimum Gasteiger partial charge on any atom is -0.335 e. The standard InChI is InChI=1S/C12H11Cl2FN4O/c13-8-3-7(15)4-9(14)11(8)18-12(20)10-5-19(2-1-16)6-17-10/h3-6H,1-2,16H2,(H,18,20). The molecule has 0 radical (unpaired) electrons. The molecule has 1 heterocycles. The van der Waals surface area contributed by atoms with E-state index in [-0.39, 0.29) is 21.4 Å². The van der Waals surface area contributed by atoms with Crippen molar-refractivity contribution in [3.05, 3.63) is 46.2 Å². The van der Waals surface area contributed by atoms with Gasteiger partial charge in [-0.1, -0.05) is 23.2 Å². The molecule has 20 heavy (non-hydrogen) atoms. The third kappa shape index (κ3) is 3.27. The molecule has 0 spiro atoms. The fraction of sp³-hybridized carbons (Fsp3) is 0.167. The van der Waals surface area contributed by atoms with Gasteiger partial charge in [-0.25, -0.2) is 9.37 Å². The van der Waals surface area contributed by atoms with Crippen LogP contribution in [0, 0.1) is 5.82 Å². The molecule has 1 aromatic carbocycles. The molecule has 106 valence electrons. The first-order valence-electron chi connectivity index (χ1n) is 5.69. The SMILES string of the molecule is NCCn1cnc(C(=O)Nc2c(Cl)cc(F)cc2Cl)c1. The van der Waals surface area contributed by atoms with Crippen LogP contribution in [-0.4, -0.2) is 22.0 Å². The van der Waals surface area contributed by atoms with Crippen molar-refractivity contribution in [1.82, 2.24) is 9.55 Å². The number of nitrogens with one attached hydrogen (secondary N) is 1. The highest BCUT2D eigenvalue weighted by Crippen LogP contribution is 2.31. The van der Waals surface area contributed by atoms with Crippen LogP contribution in [0.4, 0.5) is 10.1 Å². The van der Waals surface area contributed by atoms with E-state index >= 15 is 0 Å². The van der Waals surface area contributed by atoms with Crippen molar-refractivity contribution < 1.29 is 9.18 Å². The van der Waals surface area contributed by atoms with Crippen LogP contribution >= 0.6 is 23.2 Å². The predicted octanol–water partition coefficient (Wildman–Crippen LogP) is 2.54. The summed E-state index contributed by atoms with van der Waals surface area (Å²) in [4.78, 5) is 15.9. The lowest BCUT2D eigenvalue weighted by atomic mass is 10.3. The Kier molecular flexibility index (Phi) is 4.59. The van der Waals surface area contributed by atoms with Gasteiger partial charge in [0, 0.05) is 19.3 Å². The Labute approximate surface area is 124 Å². The van der Waals surface area contributed by atoms with Crippen molar-refractivity contribution >= 4 is 34.8 Å². The van der Waals surface area contributed by atoms with Gasteiger partial charge in [0.2, 0.25) is 0 Å². The van der Waals surface area contributed by atoms with Crippen molar-refractivity contribution in [3.8, 4) is 0 Å². The number of nitrogens with zero attached hydrogens (tertiary/aromatic N) is 2. The monoisotopic (exact) mass is 316 g/mol. The molecular weight excluding hydrogens is 306 g/mol. The summed E-state index contributed by atoms with van der Waals surface area (Å²) in [5.41, 5.74) is 5.74. The van der Waals surface area contributed by atoms with E-state index in [0.29, 0.717) is 13.1 Å². The fourth-order valence-electron chi connectivity index (χ4n) is 1.59. The Hall–Kier alpha value is -1.63. The molecule has 0 aliphatic rings. The number of amides is 1. The van der Waals surface area contributed by atoms with E-state index in [2.05, 4.69) is 10.3 Å². The zero-order valence-electron chi connectivity index (χ0n) is 10.2. The Morgan fingerprint density at radius 2 is 2.05 bits per heavy atom. The highest BCUT2D eigenvalue weighted by molar-refractivity contribution is 6.40. The Morgan fingerprint density at radius 1 is 1.40 bits per heavy atom. The summed E-state index contributed by atoms with van der Waals surface area (Å²) in [6.45, 7) is 0.991. The number of halogens is 3. The predicted molar refractivity (Wildman–Crippen MR) is 75.7 cm³/mol. The maximum Gasteiger partial charge on any atom is 0.275 e. The van der Waals surface area contributed by atoms with E-state index < -0.39 is 11.7 Å². The van der Waals surface area contributed by atoms with Crippen LogP contribution < -0.4 is 11.1 Å². The van der Waals surface area contributed by atoms with Crippen molar-refractivity contribution in [2.45, 2.75) is 6.54 Å². The molecule has 0 atom stereocenters. The summed E-state index contributed by atoms with van der Waals surface area (Å²) < 4.78 is 14.7. The number of carbonyl (C=O) groups is 1. The van der Waals surface area contributed by atoms with Crippen LogP contribution in [0.25, 0.3) is 0 Å². The van der Waals surface area contributed by atoms with E-state index in [9.17, 15) is 9.18 Å². The number of nitrogens with two attached hydrogens (primary N) is 1. The third-order valence-corrected chi connectivity index (χ3v) is 3.09. The number of rotatable bonds is 4. The summed E-state index contributed by atoms with van der Waals surface area (Å²) in [6, 6.07) is 2.13. The maximum atomic E-state index is 13.0. The number of hydrogen-bond acceptors (Lipinski definition) is 3. The maximum absolute atomic E-state index is 13.0. The number of anilines is 1. The quantitative estimate of drug-likeness (QED) is 0.910. The second-order valence-electron chi connectivity index (χ2n) is 3.98. The van der Waals surface area contributed by atoms with E-state index in [0.717, 1.165) is 12.1 Å². The van der Waals surface area contributed by atoms with E-state index in [4.69, 9.17) is 28.9 Å². The molecule has 0 aliphatic heterocycles. The second-order valence-corrected chi connectivity index (χ2v) is 4.80. The minimum absolute atomic E-state index is 0.0183. The molecule has 0 saturated heterocycles. The molecule has 8 heteroatoms. The summed E-state index contributed by atoms with van der Waals surface area (Å²) >= 11 is 11.7. The molecule has 0 saturated carbocycles. The lowest BCUT2D eigenvalue weighted by molar-refractivity contribution is 0.102. The summed E-state index contributed by atoms with van der Waals surface area (Å²) in [5, 5.41) is 2.54. The third-order valence-electron chi connectivity index (χ3n) is 2.50. The Balaban J connectivity index is 2.19. The largest absolute Gasteiger partial charge is 0.335 e. The number of carbonyl (C=O) groups excluding carboxylic acids is 1. The lowest BCUT2D eigenvalue weighted by Crippen LogP contribution is -2.13. The number of imidazole rings is 1. The van der Waals surface area contributed by atoms with Gasteiger partial charge in [-0.05, 0) is 12.1 Å². The van der Waals surface area contributed by atoms with Crippen molar-refractivity contribution in [3.63, 3.8) is 0 Å². The zero-order valence-corrected chi connectivity index (χ0v) is 11.7. The second kappa shape index (κ2) is 6.21. The molecule has 2 aromatic rings. The topological polar surface area (TPSA) is 72.9 Å². The minimum atomic E-state index is -0.578. The van der Waals surface area contributed by atoms with Gasteiger partial charge >= 0.3 is 0 Å². The molecule has 2 rings (SSSR count). The van der Waals surface area contributed by atoms with Crippen molar-refractivity contribution in [2.75, 3.05) is 11.9 Å². The zero-order chi connectivity index (χ0) is 14.7. The molecule has 0 unspecified atom stereocenters. The first-order valence-corrected chi connectivity index (χ1v) is 6.44. The highest BCUT2D eigenvalue weighted by Gasteiger charge is 2.15. The lowest BCUT2D eigenvalue weighted by Gasteiger charge is -2.08. The van der Waals surface area contributed by atoms with E-state index in [1.54, 1.807) is 10.8 Å². The first-order chi connectivity index (χ1) is 9.51. The summed E-state index contributed by atoms with van der Waals surface area (Å²) in [7, 11) is 0. The van der Waals surface area contributed by atoms with Gasteiger partial charge in [-0.3, -0.25) is 4.79 Å². The van der Waals surface area contributed by atoms with Gasteiger partial charge in [0.1, 0.15) is 11.5 Å². The molecular formula is C12H11Cl2FN4O. The molecule has 3 N–H and O–H groups in total. The average Bonchev–Trinajstić information content (AvgIpc) is 2.82. The molecule has 5 nitrogen and oxygen atoms in total. The van der Waals surface area contributed by atoms with Crippen LogP contribution in [0.3, 0.4) is 0 Å². The van der Waals surface area contributed by atoms with Gasteiger partial charge in [0.15, 0.2) is 0 Å². The first kappa shape index (κ1) is 14.8. The number of benzene rings is 1. The van der Waals surface area contributed by atoms with Crippen LogP contribution in [0.15, 0.2) is 24.7 Å². The fourth-order valence-corrected chi connectivity index (χ4v) is 2.14. The van der Waals surface area contributed by atoms with Crippen molar-refractivity contribution in [1.29, 1.82) is 0 Å². The van der Waals surface area contributed by atoms with Crippen LogP contribution in [0.1, 0.15) is 10.5 Å². The molecule has 0 bridgehead atoms. The molecule has 1 aromatic heterocycles. The van der Waals surface area contributed by atoms with Gasteiger partial charge in [0.25, 0.3) is 5.91 Å². The summed E-state index contributed by atoms with van der Waals surface area (Å²) in [6.07, 6.45) is 3.04. The summed E-state index contributed by atoms with van der Waals surface area (Å²) in [5.74, 6) is -1.07. The number of hydrogen-bond donors (Lipinski definition) is 2. The van der Waals surface area contributed by atoms with Gasteiger partial charge in [-0.15, -0.1) is 0 Å². The highest BCUT2D eigenvalue weighted by atomic mass is 35.5. The molecule has 0 fully saturated rings. The van der Waals surface area contributed by atoms with Gasteiger partial charge in [0.05, 0.1) is 22.1 Å². The van der Waals surface area contributed by atoms with Gasteiger partial charge < -0.3 is 15.6 Å². The van der Waals surface area contributed by atoms with Crippen molar-refractivity contribution in [2.24, 2.45) is 5.73 Å². The van der Waals surface area contributed by atoms with Crippen LogP contribution in [-0.2, 0) is 6.54 Å².